The number of rotatable bonds is 6. The minimum absolute atomic E-state index is 0.121. The fourth-order valence-corrected chi connectivity index (χ4v) is 2.89. The van der Waals surface area contributed by atoms with Crippen LogP contribution in [0.4, 0.5) is 4.39 Å². The summed E-state index contributed by atoms with van der Waals surface area (Å²) in [6.07, 6.45) is 1.21. The van der Waals surface area contributed by atoms with E-state index in [-0.39, 0.29) is 12.2 Å². The molecule has 23 heavy (non-hydrogen) atoms. The largest absolute Gasteiger partial charge is 0.489 e. The van der Waals surface area contributed by atoms with Crippen molar-refractivity contribution in [3.05, 3.63) is 62.9 Å². The smallest absolute Gasteiger partial charge is 0.255 e. The van der Waals surface area contributed by atoms with Crippen molar-refractivity contribution in [2.45, 2.75) is 26.4 Å². The second-order valence-corrected chi connectivity index (χ2v) is 6.20. The predicted octanol–water partition coefficient (Wildman–Crippen LogP) is 6.04. The lowest BCUT2D eigenvalue weighted by molar-refractivity contribution is 0.107. The first kappa shape index (κ1) is 18.1. The molecule has 0 radical (unpaired) electrons. The van der Waals surface area contributed by atoms with Gasteiger partial charge in [-0.05, 0) is 53.4 Å². The van der Waals surface area contributed by atoms with Gasteiger partial charge in [0.15, 0.2) is 0 Å². The normalized spacial score (nSPS) is 10.7. The zero-order valence-electron chi connectivity index (χ0n) is 12.3. The Morgan fingerprint density at radius 2 is 1.83 bits per heavy atom. The molecule has 0 bridgehead atoms. The lowest BCUT2D eigenvalue weighted by Gasteiger charge is -2.13. The van der Waals surface area contributed by atoms with Crippen LogP contribution in [0.15, 0.2) is 30.3 Å². The Balaban J connectivity index is 2.28. The third-order valence-electron chi connectivity index (χ3n) is 3.28. The molecular formula is C17H14Cl3FO2. The van der Waals surface area contributed by atoms with Crippen molar-refractivity contribution in [1.82, 2.24) is 0 Å². The average Bonchev–Trinajstić information content (AvgIpc) is 2.46. The molecule has 0 fully saturated rings. The molecular weight excluding hydrogens is 362 g/mol. The van der Waals surface area contributed by atoms with Gasteiger partial charge < -0.3 is 4.74 Å². The van der Waals surface area contributed by atoms with Gasteiger partial charge in [-0.2, -0.15) is 0 Å². The first-order valence-electron chi connectivity index (χ1n) is 7.01. The molecule has 0 amide bonds. The van der Waals surface area contributed by atoms with Crippen LogP contribution in [-0.2, 0) is 13.0 Å². The van der Waals surface area contributed by atoms with Gasteiger partial charge in [-0.3, -0.25) is 4.79 Å². The predicted molar refractivity (Wildman–Crippen MR) is 91.4 cm³/mol. The van der Waals surface area contributed by atoms with E-state index in [0.717, 1.165) is 6.42 Å². The van der Waals surface area contributed by atoms with Crippen molar-refractivity contribution >= 4 is 40.0 Å². The highest BCUT2D eigenvalue weighted by molar-refractivity contribution is 6.67. The van der Waals surface area contributed by atoms with E-state index >= 15 is 0 Å². The van der Waals surface area contributed by atoms with Crippen molar-refractivity contribution in [2.24, 2.45) is 0 Å². The monoisotopic (exact) mass is 374 g/mol. The van der Waals surface area contributed by atoms with Gasteiger partial charge in [0.25, 0.3) is 5.24 Å². The lowest BCUT2D eigenvalue weighted by atomic mass is 10.00. The number of benzene rings is 2. The molecule has 0 saturated heterocycles. The fraction of sp³-hybridized carbons (Fsp3) is 0.235. The molecule has 0 spiro atoms. The summed E-state index contributed by atoms with van der Waals surface area (Å²) in [6.45, 7) is 2.07. The maximum Gasteiger partial charge on any atom is 0.255 e. The molecule has 0 atom stereocenters. The van der Waals surface area contributed by atoms with Crippen LogP contribution in [0, 0.1) is 5.82 Å². The number of carbonyl (C=O) groups is 1. The first-order chi connectivity index (χ1) is 10.9. The van der Waals surface area contributed by atoms with E-state index in [9.17, 15) is 9.18 Å². The fourth-order valence-electron chi connectivity index (χ4n) is 2.24. The number of hydrogen-bond donors (Lipinski definition) is 0. The van der Waals surface area contributed by atoms with Gasteiger partial charge in [0, 0.05) is 10.0 Å². The molecule has 0 aromatic heterocycles. The zero-order chi connectivity index (χ0) is 17.0. The SMILES string of the molecule is CCCc1c(COc2cc(Cl)cc(Cl)c2)ccc(C(=O)Cl)c1F. The van der Waals surface area contributed by atoms with Crippen molar-refractivity contribution in [1.29, 1.82) is 0 Å². The van der Waals surface area contributed by atoms with Gasteiger partial charge in [0.2, 0.25) is 0 Å². The van der Waals surface area contributed by atoms with Crippen LogP contribution < -0.4 is 4.74 Å². The van der Waals surface area contributed by atoms with Gasteiger partial charge in [-0.25, -0.2) is 4.39 Å². The van der Waals surface area contributed by atoms with E-state index in [1.54, 1.807) is 24.3 Å². The molecule has 122 valence electrons. The van der Waals surface area contributed by atoms with Crippen LogP contribution in [0.1, 0.15) is 34.8 Å². The van der Waals surface area contributed by atoms with Crippen molar-refractivity contribution in [2.75, 3.05) is 0 Å². The van der Waals surface area contributed by atoms with Gasteiger partial charge in [0.1, 0.15) is 18.2 Å². The molecule has 2 rings (SSSR count). The Morgan fingerprint density at radius 3 is 2.39 bits per heavy atom. The van der Waals surface area contributed by atoms with E-state index in [2.05, 4.69) is 0 Å². The molecule has 0 N–H and O–H groups in total. The van der Waals surface area contributed by atoms with E-state index in [1.165, 1.54) is 6.07 Å². The summed E-state index contributed by atoms with van der Waals surface area (Å²) in [5.41, 5.74) is 0.971. The molecule has 2 nitrogen and oxygen atoms in total. The second kappa shape index (κ2) is 8.00. The molecule has 2 aromatic carbocycles. The Labute approximate surface area is 149 Å². The first-order valence-corrected chi connectivity index (χ1v) is 8.14. The third-order valence-corrected chi connectivity index (χ3v) is 3.92. The zero-order valence-corrected chi connectivity index (χ0v) is 14.6. The molecule has 6 heteroatoms. The maximum atomic E-state index is 14.4. The van der Waals surface area contributed by atoms with E-state index in [0.29, 0.717) is 33.3 Å². The minimum Gasteiger partial charge on any atom is -0.489 e. The Morgan fingerprint density at radius 1 is 1.17 bits per heavy atom. The Hall–Kier alpha value is -1.29. The molecule has 2 aromatic rings. The summed E-state index contributed by atoms with van der Waals surface area (Å²) in [4.78, 5) is 11.3. The van der Waals surface area contributed by atoms with Gasteiger partial charge >= 0.3 is 0 Å². The lowest BCUT2D eigenvalue weighted by Crippen LogP contribution is -2.07. The molecule has 0 heterocycles. The van der Waals surface area contributed by atoms with Crippen LogP contribution in [0.3, 0.4) is 0 Å². The van der Waals surface area contributed by atoms with Crippen molar-refractivity contribution in [3.63, 3.8) is 0 Å². The van der Waals surface area contributed by atoms with Crippen LogP contribution in [0.5, 0.6) is 5.75 Å². The molecule has 0 aliphatic rings. The average molecular weight is 376 g/mol. The van der Waals surface area contributed by atoms with E-state index < -0.39 is 11.1 Å². The van der Waals surface area contributed by atoms with Crippen LogP contribution in [0.25, 0.3) is 0 Å². The summed E-state index contributed by atoms with van der Waals surface area (Å²) >= 11 is 17.2. The standard InChI is InChI=1S/C17H14Cl3FO2/c1-2-3-14-10(4-5-15(16(14)21)17(20)22)9-23-13-7-11(18)6-12(19)8-13/h4-8H,2-3,9H2,1H3. The minimum atomic E-state index is -0.811. The highest BCUT2D eigenvalue weighted by Gasteiger charge is 2.17. The van der Waals surface area contributed by atoms with Crippen LogP contribution in [0.2, 0.25) is 10.0 Å². The van der Waals surface area contributed by atoms with E-state index in [4.69, 9.17) is 39.5 Å². The highest BCUT2D eigenvalue weighted by Crippen LogP contribution is 2.26. The van der Waals surface area contributed by atoms with Crippen LogP contribution >= 0.6 is 34.8 Å². The summed E-state index contributed by atoms with van der Waals surface area (Å²) in [7, 11) is 0. The van der Waals surface area contributed by atoms with Gasteiger partial charge in [-0.1, -0.05) is 42.6 Å². The second-order valence-electron chi connectivity index (χ2n) is 4.98. The maximum absolute atomic E-state index is 14.4. The number of ether oxygens (including phenoxy) is 1. The molecule has 0 aliphatic heterocycles. The summed E-state index contributed by atoms with van der Waals surface area (Å²) < 4.78 is 20.1. The highest BCUT2D eigenvalue weighted by atomic mass is 35.5. The summed E-state index contributed by atoms with van der Waals surface area (Å²) in [5.74, 6) is -0.0973. The third kappa shape index (κ3) is 4.60. The molecule has 0 unspecified atom stereocenters. The van der Waals surface area contributed by atoms with Gasteiger partial charge in [0.05, 0.1) is 5.56 Å². The number of hydrogen-bond acceptors (Lipinski definition) is 2. The summed E-state index contributed by atoms with van der Waals surface area (Å²) in [5, 5.41) is 0.0973. The van der Waals surface area contributed by atoms with Crippen molar-refractivity contribution < 1.29 is 13.9 Å². The quantitative estimate of drug-likeness (QED) is 0.575. The molecule has 0 aliphatic carbocycles. The molecule has 0 saturated carbocycles. The number of carbonyl (C=O) groups excluding carboxylic acids is 1. The topological polar surface area (TPSA) is 26.3 Å². The van der Waals surface area contributed by atoms with Crippen LogP contribution in [-0.4, -0.2) is 5.24 Å². The Bertz CT molecular complexity index is 712. The van der Waals surface area contributed by atoms with Crippen molar-refractivity contribution in [3.8, 4) is 5.75 Å². The van der Waals surface area contributed by atoms with Gasteiger partial charge in [-0.15, -0.1) is 0 Å². The Kier molecular flexibility index (Phi) is 6.28. The van der Waals surface area contributed by atoms with E-state index in [1.807, 2.05) is 6.92 Å². The number of halogens is 4. The summed E-state index contributed by atoms with van der Waals surface area (Å²) in [6, 6.07) is 7.86.